The van der Waals surface area contributed by atoms with Gasteiger partial charge in [-0.2, -0.15) is 0 Å². The Balaban J connectivity index is 1.91. The third-order valence-electron chi connectivity index (χ3n) is 3.72. The van der Waals surface area contributed by atoms with Crippen LogP contribution in [0, 0.1) is 6.92 Å². The molecule has 0 aliphatic carbocycles. The molecule has 3 rings (SSSR count). The van der Waals surface area contributed by atoms with E-state index in [2.05, 4.69) is 10.3 Å². The van der Waals surface area contributed by atoms with Crippen LogP contribution in [0.5, 0.6) is 0 Å². The Morgan fingerprint density at radius 2 is 2.20 bits per heavy atom. The van der Waals surface area contributed by atoms with Crippen molar-refractivity contribution in [3.63, 3.8) is 0 Å². The highest BCUT2D eigenvalue weighted by molar-refractivity contribution is 6.30. The van der Waals surface area contributed by atoms with Gasteiger partial charge in [0.25, 0.3) is 0 Å². The number of hydrogen-bond donors (Lipinski definition) is 1. The van der Waals surface area contributed by atoms with Gasteiger partial charge in [0.1, 0.15) is 6.17 Å². The summed E-state index contributed by atoms with van der Waals surface area (Å²) in [6.45, 7) is 2.47. The zero-order valence-electron chi connectivity index (χ0n) is 11.2. The summed E-state index contributed by atoms with van der Waals surface area (Å²) in [6.07, 6.45) is 1.62. The maximum absolute atomic E-state index is 13.3. The molecule has 1 aromatic carbocycles. The largest absolute Gasteiger partial charge is 0.307 e. The number of alkyl halides is 1. The molecule has 104 valence electrons. The maximum Gasteiger partial charge on any atom is 0.114 e. The summed E-state index contributed by atoms with van der Waals surface area (Å²) in [5.74, 6) is 0. The predicted octanol–water partition coefficient (Wildman–Crippen LogP) is 4.08. The van der Waals surface area contributed by atoms with E-state index < -0.39 is 6.17 Å². The molecule has 1 aromatic heterocycles. The van der Waals surface area contributed by atoms with Gasteiger partial charge in [-0.25, -0.2) is 4.39 Å². The molecule has 0 spiro atoms. The summed E-state index contributed by atoms with van der Waals surface area (Å²) in [6, 6.07) is 9.75. The van der Waals surface area contributed by atoms with E-state index >= 15 is 0 Å². The van der Waals surface area contributed by atoms with E-state index in [1.54, 1.807) is 0 Å². The molecular weight excluding hydrogens is 275 g/mol. The number of pyridine rings is 1. The molecule has 4 heteroatoms. The molecule has 1 saturated heterocycles. The lowest BCUT2D eigenvalue weighted by Gasteiger charge is -2.14. The monoisotopic (exact) mass is 290 g/mol. The number of benzene rings is 1. The van der Waals surface area contributed by atoms with E-state index in [1.807, 2.05) is 43.5 Å². The number of aryl methyl sites for hydroxylation is 1. The van der Waals surface area contributed by atoms with Crippen molar-refractivity contribution in [2.24, 2.45) is 0 Å². The first-order valence-electron chi connectivity index (χ1n) is 6.73. The van der Waals surface area contributed by atoms with Gasteiger partial charge in [0, 0.05) is 29.4 Å². The molecule has 1 fully saturated rings. The SMILES string of the molecule is Cc1cc(-c2cccc(Cl)c2)ncc1C1CC(F)CN1. The lowest BCUT2D eigenvalue weighted by molar-refractivity contribution is 0.356. The summed E-state index contributed by atoms with van der Waals surface area (Å²) >= 11 is 6.01. The summed E-state index contributed by atoms with van der Waals surface area (Å²) in [5.41, 5.74) is 4.09. The van der Waals surface area contributed by atoms with Crippen molar-refractivity contribution in [3.05, 3.63) is 52.7 Å². The van der Waals surface area contributed by atoms with Crippen LogP contribution in [0.1, 0.15) is 23.6 Å². The fraction of sp³-hybridized carbons (Fsp3) is 0.312. The third kappa shape index (κ3) is 2.69. The van der Waals surface area contributed by atoms with Crippen LogP contribution in [0.25, 0.3) is 11.3 Å². The van der Waals surface area contributed by atoms with Gasteiger partial charge in [-0.3, -0.25) is 4.98 Å². The van der Waals surface area contributed by atoms with Crippen LogP contribution >= 0.6 is 11.6 Å². The van der Waals surface area contributed by atoms with Crippen molar-refractivity contribution in [1.82, 2.24) is 10.3 Å². The van der Waals surface area contributed by atoms with Crippen molar-refractivity contribution < 1.29 is 4.39 Å². The summed E-state index contributed by atoms with van der Waals surface area (Å²) in [4.78, 5) is 4.50. The van der Waals surface area contributed by atoms with Crippen LogP contribution in [-0.2, 0) is 0 Å². The van der Waals surface area contributed by atoms with Gasteiger partial charge in [0.05, 0.1) is 5.69 Å². The number of nitrogens with zero attached hydrogens (tertiary/aromatic N) is 1. The van der Waals surface area contributed by atoms with Crippen LogP contribution in [0.3, 0.4) is 0 Å². The highest BCUT2D eigenvalue weighted by atomic mass is 35.5. The van der Waals surface area contributed by atoms with Gasteiger partial charge in [0.2, 0.25) is 0 Å². The Labute approximate surface area is 123 Å². The van der Waals surface area contributed by atoms with Crippen LogP contribution in [0.4, 0.5) is 4.39 Å². The number of hydrogen-bond acceptors (Lipinski definition) is 2. The Bertz CT molecular complexity index is 630. The fourth-order valence-electron chi connectivity index (χ4n) is 2.67. The van der Waals surface area contributed by atoms with Crippen LogP contribution in [0.15, 0.2) is 36.5 Å². The van der Waals surface area contributed by atoms with Crippen molar-refractivity contribution in [1.29, 1.82) is 0 Å². The first kappa shape index (κ1) is 13.5. The quantitative estimate of drug-likeness (QED) is 0.901. The van der Waals surface area contributed by atoms with Crippen molar-refractivity contribution >= 4 is 11.6 Å². The fourth-order valence-corrected chi connectivity index (χ4v) is 2.86. The van der Waals surface area contributed by atoms with Gasteiger partial charge in [-0.15, -0.1) is 0 Å². The predicted molar refractivity (Wildman–Crippen MR) is 79.7 cm³/mol. The number of rotatable bonds is 2. The molecule has 1 N–H and O–H groups in total. The minimum atomic E-state index is -0.757. The molecular formula is C16H16ClFN2. The van der Waals surface area contributed by atoms with E-state index in [0.29, 0.717) is 18.0 Å². The van der Waals surface area contributed by atoms with E-state index in [-0.39, 0.29) is 6.04 Å². The molecule has 0 saturated carbocycles. The molecule has 0 amide bonds. The van der Waals surface area contributed by atoms with E-state index in [0.717, 1.165) is 22.4 Å². The van der Waals surface area contributed by atoms with Gasteiger partial charge in [-0.1, -0.05) is 23.7 Å². The molecule has 1 aliphatic heterocycles. The van der Waals surface area contributed by atoms with E-state index in [1.165, 1.54) is 0 Å². The average Bonchev–Trinajstić information content (AvgIpc) is 2.85. The van der Waals surface area contributed by atoms with Gasteiger partial charge in [-0.05, 0) is 42.7 Å². The summed E-state index contributed by atoms with van der Waals surface area (Å²) in [7, 11) is 0. The second kappa shape index (κ2) is 5.51. The summed E-state index contributed by atoms with van der Waals surface area (Å²) in [5, 5.41) is 3.89. The minimum Gasteiger partial charge on any atom is -0.307 e. The van der Waals surface area contributed by atoms with Gasteiger partial charge in [0.15, 0.2) is 0 Å². The first-order valence-corrected chi connectivity index (χ1v) is 7.11. The number of aromatic nitrogens is 1. The van der Waals surface area contributed by atoms with E-state index in [4.69, 9.17) is 11.6 Å². The second-order valence-corrected chi connectivity index (χ2v) is 5.67. The third-order valence-corrected chi connectivity index (χ3v) is 3.96. The molecule has 2 unspecified atom stereocenters. The van der Waals surface area contributed by atoms with Crippen LogP contribution in [-0.4, -0.2) is 17.7 Å². The molecule has 0 radical (unpaired) electrons. The molecule has 2 atom stereocenters. The molecule has 2 nitrogen and oxygen atoms in total. The number of halogens is 2. The Kier molecular flexibility index (Phi) is 3.72. The highest BCUT2D eigenvalue weighted by Crippen LogP contribution is 2.29. The van der Waals surface area contributed by atoms with Crippen LogP contribution in [0.2, 0.25) is 5.02 Å². The lowest BCUT2D eigenvalue weighted by atomic mass is 10.00. The van der Waals surface area contributed by atoms with Crippen LogP contribution < -0.4 is 5.32 Å². The molecule has 0 bridgehead atoms. The van der Waals surface area contributed by atoms with Crippen molar-refractivity contribution in [3.8, 4) is 11.3 Å². The van der Waals surface area contributed by atoms with E-state index in [9.17, 15) is 4.39 Å². The lowest BCUT2D eigenvalue weighted by Crippen LogP contribution is -2.15. The minimum absolute atomic E-state index is 0.0749. The topological polar surface area (TPSA) is 24.9 Å². The Morgan fingerprint density at radius 3 is 2.85 bits per heavy atom. The van der Waals surface area contributed by atoms with Crippen molar-refractivity contribution in [2.45, 2.75) is 25.6 Å². The molecule has 1 aliphatic rings. The zero-order chi connectivity index (χ0) is 14.1. The first-order chi connectivity index (χ1) is 9.63. The standard InChI is InChI=1S/C16H16ClFN2/c1-10-5-15(11-3-2-4-12(17)6-11)20-9-14(10)16-7-13(18)8-19-16/h2-6,9,13,16,19H,7-8H2,1H3. The Morgan fingerprint density at radius 1 is 1.35 bits per heavy atom. The molecule has 2 heterocycles. The zero-order valence-corrected chi connectivity index (χ0v) is 12.0. The van der Waals surface area contributed by atoms with Gasteiger partial charge >= 0.3 is 0 Å². The Hall–Kier alpha value is -1.45. The van der Waals surface area contributed by atoms with Gasteiger partial charge < -0.3 is 5.32 Å². The number of nitrogens with one attached hydrogen (secondary N) is 1. The van der Waals surface area contributed by atoms with Crippen molar-refractivity contribution in [2.75, 3.05) is 6.54 Å². The normalized spacial score (nSPS) is 22.1. The highest BCUT2D eigenvalue weighted by Gasteiger charge is 2.26. The average molecular weight is 291 g/mol. The second-order valence-electron chi connectivity index (χ2n) is 5.23. The summed E-state index contributed by atoms with van der Waals surface area (Å²) < 4.78 is 13.3. The molecule has 2 aromatic rings. The smallest absolute Gasteiger partial charge is 0.114 e. The molecule has 20 heavy (non-hydrogen) atoms. The maximum atomic E-state index is 13.3.